The molecule has 1 aromatic heterocycles. The molecule has 1 heterocycles. The van der Waals surface area contributed by atoms with E-state index in [1.165, 1.54) is 5.56 Å². The number of imidazole rings is 1. The maximum Gasteiger partial charge on any atom is 0.244 e. The molecule has 0 spiro atoms. The van der Waals surface area contributed by atoms with Gasteiger partial charge in [0.1, 0.15) is 18.1 Å². The zero-order chi connectivity index (χ0) is 20.8. The van der Waals surface area contributed by atoms with Crippen LogP contribution in [0, 0.1) is 0 Å². The molecular weight excluding hydrogens is 374 g/mol. The molecule has 1 N–H and O–H groups in total. The van der Waals surface area contributed by atoms with E-state index in [1.807, 2.05) is 78.2 Å². The molecule has 30 heavy (non-hydrogen) atoms. The van der Waals surface area contributed by atoms with E-state index in [0.29, 0.717) is 6.61 Å². The second-order valence-corrected chi connectivity index (χ2v) is 7.09. The zero-order valence-electron chi connectivity index (χ0n) is 17.0. The summed E-state index contributed by atoms with van der Waals surface area (Å²) >= 11 is 0. The number of hydrogen-bond acceptors (Lipinski definition) is 3. The van der Waals surface area contributed by atoms with E-state index in [1.54, 1.807) is 0 Å². The van der Waals surface area contributed by atoms with Crippen molar-refractivity contribution in [2.45, 2.75) is 26.3 Å². The van der Waals surface area contributed by atoms with Crippen molar-refractivity contribution in [1.29, 1.82) is 0 Å². The second-order valence-electron chi connectivity index (χ2n) is 7.09. The van der Waals surface area contributed by atoms with Crippen LogP contribution in [0.3, 0.4) is 0 Å². The minimum absolute atomic E-state index is 0.0803. The number of anilines is 1. The molecule has 5 nitrogen and oxygen atoms in total. The summed E-state index contributed by atoms with van der Waals surface area (Å²) < 4.78 is 7.47. The molecule has 0 aliphatic heterocycles. The first-order chi connectivity index (χ1) is 14.7. The summed E-state index contributed by atoms with van der Waals surface area (Å²) in [6, 6.07) is 25.7. The van der Waals surface area contributed by atoms with Crippen molar-refractivity contribution in [2.24, 2.45) is 0 Å². The van der Waals surface area contributed by atoms with Crippen LogP contribution in [0.4, 0.5) is 5.69 Å². The van der Waals surface area contributed by atoms with Gasteiger partial charge in [0, 0.05) is 12.1 Å². The van der Waals surface area contributed by atoms with Crippen molar-refractivity contribution >= 4 is 22.6 Å². The molecule has 152 valence electrons. The topological polar surface area (TPSA) is 56.1 Å². The number of para-hydroxylation sites is 2. The molecule has 0 saturated carbocycles. The van der Waals surface area contributed by atoms with Gasteiger partial charge in [-0.25, -0.2) is 4.98 Å². The number of amides is 1. The number of carbonyl (C=O) groups excluding carboxylic acids is 1. The lowest BCUT2D eigenvalue weighted by Crippen LogP contribution is -2.20. The van der Waals surface area contributed by atoms with Gasteiger partial charge in [-0.1, -0.05) is 42.5 Å². The highest BCUT2D eigenvalue weighted by Gasteiger charge is 2.14. The maximum absolute atomic E-state index is 12.8. The van der Waals surface area contributed by atoms with E-state index in [2.05, 4.69) is 17.4 Å². The third-order valence-corrected chi connectivity index (χ3v) is 4.96. The molecule has 0 atom stereocenters. The lowest BCUT2D eigenvalue weighted by Gasteiger charge is -2.11. The SMILES string of the molecule is CCOc1ccc(NC(=O)Cn2c(CCc3ccccc3)nc3ccccc32)cc1. The Bertz CT molecular complexity index is 1120. The highest BCUT2D eigenvalue weighted by atomic mass is 16.5. The molecule has 0 radical (unpaired) electrons. The molecule has 0 unspecified atom stereocenters. The Morgan fingerprint density at radius 1 is 0.933 bits per heavy atom. The predicted molar refractivity (Wildman–Crippen MR) is 120 cm³/mol. The van der Waals surface area contributed by atoms with E-state index < -0.39 is 0 Å². The first-order valence-corrected chi connectivity index (χ1v) is 10.2. The largest absolute Gasteiger partial charge is 0.494 e. The van der Waals surface area contributed by atoms with Crippen LogP contribution in [0.2, 0.25) is 0 Å². The summed E-state index contributed by atoms with van der Waals surface area (Å²) in [6.45, 7) is 2.78. The van der Waals surface area contributed by atoms with Gasteiger partial charge in [0.05, 0.1) is 17.6 Å². The molecule has 1 amide bonds. The number of fused-ring (bicyclic) bond motifs is 1. The third kappa shape index (κ3) is 4.69. The summed E-state index contributed by atoms with van der Waals surface area (Å²) in [5.74, 6) is 1.63. The maximum atomic E-state index is 12.8. The molecule has 0 bridgehead atoms. The highest BCUT2D eigenvalue weighted by Crippen LogP contribution is 2.19. The molecule has 0 saturated heterocycles. The summed E-state index contributed by atoms with van der Waals surface area (Å²) in [5, 5.41) is 2.97. The van der Waals surface area contributed by atoms with Crippen molar-refractivity contribution in [1.82, 2.24) is 9.55 Å². The fourth-order valence-electron chi connectivity index (χ4n) is 3.54. The Kier molecular flexibility index (Phi) is 6.09. The fraction of sp³-hybridized carbons (Fsp3) is 0.200. The molecule has 0 fully saturated rings. The van der Waals surface area contributed by atoms with E-state index in [0.717, 1.165) is 41.1 Å². The molecule has 4 rings (SSSR count). The lowest BCUT2D eigenvalue weighted by molar-refractivity contribution is -0.116. The summed E-state index contributed by atoms with van der Waals surface area (Å²) in [4.78, 5) is 17.6. The van der Waals surface area contributed by atoms with Gasteiger partial charge in [0.25, 0.3) is 0 Å². The monoisotopic (exact) mass is 399 g/mol. The minimum atomic E-state index is -0.0803. The van der Waals surface area contributed by atoms with Crippen LogP contribution in [0.15, 0.2) is 78.9 Å². The molecule has 0 aliphatic carbocycles. The smallest absolute Gasteiger partial charge is 0.244 e. The number of aromatic nitrogens is 2. The normalized spacial score (nSPS) is 10.8. The highest BCUT2D eigenvalue weighted by molar-refractivity contribution is 5.91. The number of rotatable bonds is 8. The predicted octanol–water partition coefficient (Wildman–Crippen LogP) is 4.86. The summed E-state index contributed by atoms with van der Waals surface area (Å²) in [7, 11) is 0. The fourth-order valence-corrected chi connectivity index (χ4v) is 3.54. The minimum Gasteiger partial charge on any atom is -0.494 e. The number of ether oxygens (including phenoxy) is 1. The Morgan fingerprint density at radius 2 is 1.67 bits per heavy atom. The first kappa shape index (κ1) is 19.7. The van der Waals surface area contributed by atoms with Crippen LogP contribution in [-0.4, -0.2) is 22.1 Å². The third-order valence-electron chi connectivity index (χ3n) is 4.96. The number of nitrogens with zero attached hydrogens (tertiary/aromatic N) is 2. The van der Waals surface area contributed by atoms with Crippen molar-refractivity contribution in [3.63, 3.8) is 0 Å². The van der Waals surface area contributed by atoms with E-state index in [4.69, 9.17) is 9.72 Å². The molecule has 0 aliphatic rings. The first-order valence-electron chi connectivity index (χ1n) is 10.2. The van der Waals surface area contributed by atoms with Gasteiger partial charge < -0.3 is 14.6 Å². The summed E-state index contributed by atoms with van der Waals surface area (Å²) in [5.41, 5.74) is 3.89. The average molecular weight is 399 g/mol. The standard InChI is InChI=1S/C25H25N3O2/c1-2-30-21-15-13-20(14-16-21)26-25(29)18-28-23-11-7-6-10-22(23)27-24(28)17-12-19-8-4-3-5-9-19/h3-11,13-16H,2,12,17-18H2,1H3,(H,26,29). The van der Waals surface area contributed by atoms with Crippen LogP contribution in [-0.2, 0) is 24.2 Å². The van der Waals surface area contributed by atoms with Crippen molar-refractivity contribution in [3.05, 3.63) is 90.3 Å². The second kappa shape index (κ2) is 9.27. The van der Waals surface area contributed by atoms with E-state index in [-0.39, 0.29) is 12.5 Å². The van der Waals surface area contributed by atoms with Crippen LogP contribution >= 0.6 is 0 Å². The zero-order valence-corrected chi connectivity index (χ0v) is 17.0. The number of nitrogens with one attached hydrogen (secondary N) is 1. The molecule has 5 heteroatoms. The van der Waals surface area contributed by atoms with E-state index in [9.17, 15) is 4.79 Å². The van der Waals surface area contributed by atoms with E-state index >= 15 is 0 Å². The van der Waals surface area contributed by atoms with Gasteiger partial charge in [0.2, 0.25) is 5.91 Å². The van der Waals surface area contributed by atoms with Gasteiger partial charge in [-0.15, -0.1) is 0 Å². The van der Waals surface area contributed by atoms with Gasteiger partial charge in [0.15, 0.2) is 0 Å². The van der Waals surface area contributed by atoms with Crippen LogP contribution in [0.5, 0.6) is 5.75 Å². The molecular formula is C25H25N3O2. The molecule has 3 aromatic carbocycles. The van der Waals surface area contributed by atoms with Crippen molar-refractivity contribution in [3.8, 4) is 5.75 Å². The Morgan fingerprint density at radius 3 is 2.43 bits per heavy atom. The molecule has 4 aromatic rings. The van der Waals surface area contributed by atoms with Crippen molar-refractivity contribution < 1.29 is 9.53 Å². The van der Waals surface area contributed by atoms with Crippen LogP contribution in [0.25, 0.3) is 11.0 Å². The average Bonchev–Trinajstić information content (AvgIpc) is 3.12. The van der Waals surface area contributed by atoms with Gasteiger partial charge in [-0.3, -0.25) is 4.79 Å². The number of aryl methyl sites for hydroxylation is 2. The quantitative estimate of drug-likeness (QED) is 0.460. The Labute approximate surface area is 176 Å². The van der Waals surface area contributed by atoms with Crippen LogP contribution in [0.1, 0.15) is 18.3 Å². The van der Waals surface area contributed by atoms with Crippen molar-refractivity contribution in [2.75, 3.05) is 11.9 Å². The lowest BCUT2D eigenvalue weighted by atomic mass is 10.1. The van der Waals surface area contributed by atoms with Crippen LogP contribution < -0.4 is 10.1 Å². The van der Waals surface area contributed by atoms with Gasteiger partial charge >= 0.3 is 0 Å². The Balaban J connectivity index is 1.51. The number of carbonyl (C=O) groups is 1. The van der Waals surface area contributed by atoms with Gasteiger partial charge in [-0.2, -0.15) is 0 Å². The number of benzene rings is 3. The summed E-state index contributed by atoms with van der Waals surface area (Å²) in [6.07, 6.45) is 1.65. The number of hydrogen-bond donors (Lipinski definition) is 1. The Hall–Kier alpha value is -3.60. The van der Waals surface area contributed by atoms with Gasteiger partial charge in [-0.05, 0) is 55.3 Å².